The first kappa shape index (κ1) is 28.0. The van der Waals surface area contributed by atoms with Gasteiger partial charge in [-0.05, 0) is 48.5 Å². The lowest BCUT2D eigenvalue weighted by molar-refractivity contribution is -0.114. The molecule has 1 atom stereocenters. The van der Waals surface area contributed by atoms with Crippen LogP contribution in [0.2, 0.25) is 0 Å². The lowest BCUT2D eigenvalue weighted by Crippen LogP contribution is -2.26. The minimum Gasteiger partial charge on any atom is -0.514 e. The van der Waals surface area contributed by atoms with Crippen molar-refractivity contribution in [1.29, 1.82) is 0 Å². The van der Waals surface area contributed by atoms with Crippen molar-refractivity contribution in [1.82, 2.24) is 20.6 Å². The molecule has 2 aromatic heterocycles. The average molecular weight is 544 g/mol. The van der Waals surface area contributed by atoms with Crippen LogP contribution in [0, 0.1) is 5.82 Å². The van der Waals surface area contributed by atoms with Crippen LogP contribution in [0.15, 0.2) is 73.3 Å². The van der Waals surface area contributed by atoms with Crippen molar-refractivity contribution in [3.8, 4) is 17.0 Å². The summed E-state index contributed by atoms with van der Waals surface area (Å²) >= 11 is 0. The molecule has 2 amide bonds. The SMILES string of the molecule is C.CC(=O)Nc1cc(C(=O)NCCc2cc3c(c(-c4ccc(F)cc4)n2)OCC3N/C=C/O)cc2cccnc12. The third-order valence-corrected chi connectivity index (χ3v) is 6.26. The number of amides is 2. The van der Waals surface area contributed by atoms with Crippen LogP contribution in [0.25, 0.3) is 22.2 Å². The number of nitrogens with one attached hydrogen (secondary N) is 3. The number of hydrogen-bond acceptors (Lipinski definition) is 7. The van der Waals surface area contributed by atoms with Crippen molar-refractivity contribution in [3.05, 3.63) is 95.9 Å². The molecule has 4 N–H and O–H groups in total. The Bertz CT molecular complexity index is 1570. The molecular formula is C30H30FN5O4. The maximum Gasteiger partial charge on any atom is 0.251 e. The number of benzene rings is 2. The summed E-state index contributed by atoms with van der Waals surface area (Å²) in [5.74, 6) is -0.323. The number of carbonyl (C=O) groups is 2. The van der Waals surface area contributed by atoms with Crippen LogP contribution in [-0.4, -0.2) is 40.0 Å². The highest BCUT2D eigenvalue weighted by molar-refractivity contribution is 6.05. The van der Waals surface area contributed by atoms with E-state index in [1.54, 1.807) is 36.5 Å². The Labute approximate surface area is 231 Å². The second kappa shape index (κ2) is 12.2. The van der Waals surface area contributed by atoms with Gasteiger partial charge in [-0.2, -0.15) is 0 Å². The van der Waals surface area contributed by atoms with Crippen LogP contribution in [0.3, 0.4) is 0 Å². The summed E-state index contributed by atoms with van der Waals surface area (Å²) in [6.45, 7) is 2.03. The zero-order valence-corrected chi connectivity index (χ0v) is 21.1. The molecule has 2 aromatic carbocycles. The molecule has 206 valence electrons. The number of halogens is 1. The summed E-state index contributed by atoms with van der Waals surface area (Å²) in [5.41, 5.74) is 4.29. The molecule has 4 aromatic rings. The van der Waals surface area contributed by atoms with Gasteiger partial charge < -0.3 is 25.8 Å². The molecule has 0 aliphatic carbocycles. The molecule has 0 spiro atoms. The van der Waals surface area contributed by atoms with Crippen LogP contribution >= 0.6 is 0 Å². The highest BCUT2D eigenvalue weighted by Crippen LogP contribution is 2.40. The quantitative estimate of drug-likeness (QED) is 0.229. The van der Waals surface area contributed by atoms with E-state index in [9.17, 15) is 14.0 Å². The van der Waals surface area contributed by atoms with Gasteiger partial charge in [0.2, 0.25) is 5.91 Å². The van der Waals surface area contributed by atoms with Gasteiger partial charge in [0.15, 0.2) is 5.75 Å². The fraction of sp³-hybridized carbons (Fsp3) is 0.200. The molecule has 0 bridgehead atoms. The first-order chi connectivity index (χ1) is 18.9. The third-order valence-electron chi connectivity index (χ3n) is 6.26. The predicted molar refractivity (Wildman–Crippen MR) is 152 cm³/mol. The first-order valence-corrected chi connectivity index (χ1v) is 12.4. The Morgan fingerprint density at radius 1 is 1.18 bits per heavy atom. The number of carbonyl (C=O) groups excluding carboxylic acids is 2. The van der Waals surface area contributed by atoms with Gasteiger partial charge in [0.25, 0.3) is 5.91 Å². The van der Waals surface area contributed by atoms with Crippen LogP contribution in [-0.2, 0) is 11.2 Å². The fourth-order valence-corrected chi connectivity index (χ4v) is 4.52. The standard InChI is InChI=1S/C29H26FN5O4.CH4/c1-17(37)34-24-14-20(13-19-3-2-9-32-26(19)24)29(38)33-10-8-22-15-23-25(31-11-12-36)16-39-28(23)27(35-22)18-4-6-21(30)7-5-18;/h2-7,9,11-15,25,31,36H,8,10,16H2,1H3,(H,33,38)(H,34,37);1H4/b12-11+;. The summed E-state index contributed by atoms with van der Waals surface area (Å²) in [6, 6.07) is 14.6. The lowest BCUT2D eigenvalue weighted by Gasteiger charge is -2.13. The van der Waals surface area contributed by atoms with Crippen LogP contribution in [0.1, 0.15) is 42.0 Å². The predicted octanol–water partition coefficient (Wildman–Crippen LogP) is 5.06. The molecule has 9 nitrogen and oxygen atoms in total. The Balaban J connectivity index is 0.00000370. The van der Waals surface area contributed by atoms with Crippen LogP contribution in [0.5, 0.6) is 5.75 Å². The average Bonchev–Trinajstić information content (AvgIpc) is 3.34. The second-order valence-electron chi connectivity index (χ2n) is 9.02. The van der Waals surface area contributed by atoms with E-state index in [4.69, 9.17) is 14.8 Å². The summed E-state index contributed by atoms with van der Waals surface area (Å²) in [7, 11) is 0. The number of aromatic nitrogens is 2. The van der Waals surface area contributed by atoms with E-state index >= 15 is 0 Å². The van der Waals surface area contributed by atoms with E-state index in [1.165, 1.54) is 25.3 Å². The summed E-state index contributed by atoms with van der Waals surface area (Å²) in [4.78, 5) is 33.8. The molecule has 0 saturated carbocycles. The van der Waals surface area contributed by atoms with Crippen molar-refractivity contribution in [2.24, 2.45) is 0 Å². The van der Waals surface area contributed by atoms with Crippen molar-refractivity contribution in [2.75, 3.05) is 18.5 Å². The number of pyridine rings is 2. The molecule has 5 rings (SSSR count). The van der Waals surface area contributed by atoms with Crippen LogP contribution in [0.4, 0.5) is 10.1 Å². The maximum absolute atomic E-state index is 13.6. The second-order valence-corrected chi connectivity index (χ2v) is 9.02. The summed E-state index contributed by atoms with van der Waals surface area (Å²) in [5, 5.41) is 18.5. The molecule has 40 heavy (non-hydrogen) atoms. The monoisotopic (exact) mass is 543 g/mol. The number of rotatable bonds is 8. The zero-order chi connectivity index (χ0) is 27.4. The molecule has 3 heterocycles. The highest BCUT2D eigenvalue weighted by atomic mass is 19.1. The topological polar surface area (TPSA) is 125 Å². The number of anilines is 1. The van der Waals surface area contributed by atoms with E-state index < -0.39 is 0 Å². The Kier molecular flexibility index (Phi) is 8.58. The van der Waals surface area contributed by atoms with Gasteiger partial charge in [-0.25, -0.2) is 9.37 Å². The van der Waals surface area contributed by atoms with E-state index in [2.05, 4.69) is 20.9 Å². The summed E-state index contributed by atoms with van der Waals surface area (Å²) in [6.07, 6.45) is 4.39. The van der Waals surface area contributed by atoms with E-state index in [0.717, 1.165) is 17.2 Å². The van der Waals surface area contributed by atoms with E-state index in [-0.39, 0.29) is 31.1 Å². The highest BCUT2D eigenvalue weighted by Gasteiger charge is 2.28. The number of hydrogen-bond donors (Lipinski definition) is 4. The molecule has 10 heteroatoms. The van der Waals surface area contributed by atoms with Gasteiger partial charge >= 0.3 is 0 Å². The van der Waals surface area contributed by atoms with E-state index in [1.807, 2.05) is 12.1 Å². The number of nitrogens with zero attached hydrogens (tertiary/aromatic N) is 2. The molecule has 0 saturated heterocycles. The van der Waals surface area contributed by atoms with Crippen LogP contribution < -0.4 is 20.7 Å². The third kappa shape index (κ3) is 6.01. The normalized spacial score (nSPS) is 13.8. The van der Waals surface area contributed by atoms with Gasteiger partial charge in [-0.1, -0.05) is 13.5 Å². The number of ether oxygens (including phenoxy) is 1. The van der Waals surface area contributed by atoms with Crippen molar-refractivity contribution >= 4 is 28.4 Å². The molecule has 0 fully saturated rings. The Morgan fingerprint density at radius 3 is 2.73 bits per heavy atom. The zero-order valence-electron chi connectivity index (χ0n) is 21.1. The molecule has 0 radical (unpaired) electrons. The fourth-order valence-electron chi connectivity index (χ4n) is 4.52. The van der Waals surface area contributed by atoms with E-state index in [0.29, 0.717) is 59.0 Å². The number of aliphatic hydroxyl groups is 1. The molecule has 1 aliphatic rings. The first-order valence-electron chi connectivity index (χ1n) is 12.4. The number of fused-ring (bicyclic) bond motifs is 2. The molecule has 1 unspecified atom stereocenters. The van der Waals surface area contributed by atoms with Gasteiger partial charge in [-0.15, -0.1) is 0 Å². The minimum absolute atomic E-state index is 0. The van der Waals surface area contributed by atoms with Gasteiger partial charge in [-0.3, -0.25) is 14.6 Å². The largest absolute Gasteiger partial charge is 0.514 e. The van der Waals surface area contributed by atoms with Gasteiger partial charge in [0, 0.05) is 60.1 Å². The number of aliphatic hydroxyl groups excluding tert-OH is 1. The Hall–Kier alpha value is -4.99. The van der Waals surface area contributed by atoms with Gasteiger partial charge in [0.05, 0.1) is 23.5 Å². The smallest absolute Gasteiger partial charge is 0.251 e. The summed E-state index contributed by atoms with van der Waals surface area (Å²) < 4.78 is 19.5. The van der Waals surface area contributed by atoms with Gasteiger partial charge in [0.1, 0.15) is 18.1 Å². The van der Waals surface area contributed by atoms with Crippen molar-refractivity contribution < 1.29 is 23.8 Å². The maximum atomic E-state index is 13.6. The molecule has 1 aliphatic heterocycles. The minimum atomic E-state index is -0.353. The Morgan fingerprint density at radius 2 is 1.98 bits per heavy atom. The van der Waals surface area contributed by atoms with Crippen molar-refractivity contribution in [2.45, 2.75) is 26.8 Å². The molecular weight excluding hydrogens is 513 g/mol. The lowest BCUT2D eigenvalue weighted by atomic mass is 10.0. The van der Waals surface area contributed by atoms with Crippen molar-refractivity contribution in [3.63, 3.8) is 0 Å².